The third kappa shape index (κ3) is 2.66. The summed E-state index contributed by atoms with van der Waals surface area (Å²) < 4.78 is 0. The van der Waals surface area contributed by atoms with Crippen molar-refractivity contribution < 1.29 is 0 Å². The summed E-state index contributed by atoms with van der Waals surface area (Å²) in [5.74, 6) is 0. The average Bonchev–Trinajstić information content (AvgIpc) is 2.18. The maximum absolute atomic E-state index is 4.18. The van der Waals surface area contributed by atoms with Gasteiger partial charge in [0, 0.05) is 18.0 Å². The predicted molar refractivity (Wildman–Crippen MR) is 66.6 cm³/mol. The summed E-state index contributed by atoms with van der Waals surface area (Å²) in [5.41, 5.74) is 5.33. The molecule has 0 aliphatic rings. The average molecular weight is 199 g/mol. The molecule has 1 aromatic rings. The summed E-state index contributed by atoms with van der Waals surface area (Å²) in [6.07, 6.45) is 5.75. The largest absolute Gasteiger partial charge is 0.264 e. The van der Waals surface area contributed by atoms with E-state index >= 15 is 0 Å². The third-order valence-electron chi connectivity index (χ3n) is 2.31. The Labute approximate surface area is 91.9 Å². The molecule has 0 aliphatic carbocycles. The van der Waals surface area contributed by atoms with E-state index in [1.807, 2.05) is 39.2 Å². The van der Waals surface area contributed by atoms with Gasteiger partial charge >= 0.3 is 0 Å². The van der Waals surface area contributed by atoms with Crippen molar-refractivity contribution in [2.24, 2.45) is 0 Å². The lowest BCUT2D eigenvalue weighted by molar-refractivity contribution is 1.25. The van der Waals surface area contributed by atoms with E-state index in [9.17, 15) is 0 Å². The summed E-state index contributed by atoms with van der Waals surface area (Å²) >= 11 is 0. The number of hydrogen-bond donors (Lipinski definition) is 0. The molecule has 0 aromatic carbocycles. The van der Waals surface area contributed by atoms with Gasteiger partial charge in [-0.25, -0.2) is 0 Å². The second-order valence-corrected chi connectivity index (χ2v) is 3.71. The standard InChI is InChI=1S/C14H17N/c1-6-14(12(5)10(2)3)13-7-11(4)8-15-9-13/h6-9H,2,5H2,1,3-4H3/b14-6+. The third-order valence-corrected chi connectivity index (χ3v) is 2.31. The molecule has 15 heavy (non-hydrogen) atoms. The smallest absolute Gasteiger partial charge is 0.0346 e. The Morgan fingerprint density at radius 2 is 2.00 bits per heavy atom. The van der Waals surface area contributed by atoms with E-state index in [4.69, 9.17) is 0 Å². The van der Waals surface area contributed by atoms with Crippen molar-refractivity contribution in [2.45, 2.75) is 20.8 Å². The van der Waals surface area contributed by atoms with Crippen LogP contribution < -0.4 is 0 Å². The number of aromatic nitrogens is 1. The van der Waals surface area contributed by atoms with E-state index in [1.165, 1.54) is 0 Å². The zero-order valence-corrected chi connectivity index (χ0v) is 9.67. The van der Waals surface area contributed by atoms with Crippen LogP contribution in [0.5, 0.6) is 0 Å². The summed E-state index contributed by atoms with van der Waals surface area (Å²) in [6, 6.07) is 2.11. The van der Waals surface area contributed by atoms with Crippen LogP contribution in [0.3, 0.4) is 0 Å². The molecule has 0 amide bonds. The van der Waals surface area contributed by atoms with Gasteiger partial charge in [0.1, 0.15) is 0 Å². The highest BCUT2D eigenvalue weighted by atomic mass is 14.6. The maximum atomic E-state index is 4.18. The molecule has 1 aromatic heterocycles. The Kier molecular flexibility index (Phi) is 3.62. The molecule has 0 radical (unpaired) electrons. The summed E-state index contributed by atoms with van der Waals surface area (Å²) in [5, 5.41) is 0. The van der Waals surface area contributed by atoms with Crippen LogP contribution in [0.4, 0.5) is 0 Å². The van der Waals surface area contributed by atoms with Gasteiger partial charge in [-0.2, -0.15) is 0 Å². The van der Waals surface area contributed by atoms with Gasteiger partial charge in [-0.05, 0) is 43.5 Å². The second-order valence-electron chi connectivity index (χ2n) is 3.71. The first-order valence-electron chi connectivity index (χ1n) is 4.99. The zero-order valence-electron chi connectivity index (χ0n) is 9.67. The van der Waals surface area contributed by atoms with Gasteiger partial charge in [0.2, 0.25) is 0 Å². The van der Waals surface area contributed by atoms with Crippen molar-refractivity contribution >= 4 is 5.57 Å². The van der Waals surface area contributed by atoms with Gasteiger partial charge in [0.05, 0.1) is 0 Å². The summed E-state index contributed by atoms with van der Waals surface area (Å²) in [4.78, 5) is 4.18. The molecule has 1 rings (SSSR count). The molecule has 0 bridgehead atoms. The highest BCUT2D eigenvalue weighted by Crippen LogP contribution is 2.25. The number of pyridine rings is 1. The molecule has 0 saturated carbocycles. The first-order chi connectivity index (χ1) is 7.06. The molecule has 1 heteroatoms. The Morgan fingerprint density at radius 1 is 1.33 bits per heavy atom. The van der Waals surface area contributed by atoms with Crippen LogP contribution in [-0.4, -0.2) is 4.98 Å². The van der Waals surface area contributed by atoms with E-state index in [1.54, 1.807) is 0 Å². The van der Waals surface area contributed by atoms with Gasteiger partial charge in [0.25, 0.3) is 0 Å². The van der Waals surface area contributed by atoms with Crippen LogP contribution in [0.15, 0.2) is 48.8 Å². The minimum absolute atomic E-state index is 0.977. The minimum atomic E-state index is 0.977. The molecule has 0 unspecified atom stereocenters. The molecule has 0 N–H and O–H groups in total. The van der Waals surface area contributed by atoms with Crippen LogP contribution >= 0.6 is 0 Å². The van der Waals surface area contributed by atoms with Gasteiger partial charge in [-0.3, -0.25) is 4.98 Å². The maximum Gasteiger partial charge on any atom is 0.0346 e. The molecule has 78 valence electrons. The number of aryl methyl sites for hydroxylation is 1. The first-order valence-corrected chi connectivity index (χ1v) is 4.99. The number of nitrogens with zero attached hydrogens (tertiary/aromatic N) is 1. The molecule has 0 fully saturated rings. The first kappa shape index (κ1) is 11.4. The Morgan fingerprint density at radius 3 is 2.47 bits per heavy atom. The molecule has 1 nitrogen and oxygen atoms in total. The number of allylic oxidation sites excluding steroid dienone is 4. The highest BCUT2D eigenvalue weighted by molar-refractivity contribution is 5.82. The van der Waals surface area contributed by atoms with Gasteiger partial charge in [0.15, 0.2) is 0 Å². The molecular formula is C14H17N. The van der Waals surface area contributed by atoms with E-state index in [0.29, 0.717) is 0 Å². The van der Waals surface area contributed by atoms with Crippen molar-refractivity contribution in [3.63, 3.8) is 0 Å². The molecular weight excluding hydrogens is 182 g/mol. The zero-order chi connectivity index (χ0) is 11.4. The normalized spacial score (nSPS) is 11.3. The van der Waals surface area contributed by atoms with Crippen molar-refractivity contribution in [3.05, 3.63) is 60.0 Å². The van der Waals surface area contributed by atoms with E-state index in [-0.39, 0.29) is 0 Å². The van der Waals surface area contributed by atoms with Crippen molar-refractivity contribution in [3.8, 4) is 0 Å². The lowest BCUT2D eigenvalue weighted by Crippen LogP contribution is -1.91. The Bertz CT molecular complexity index is 425. The fraction of sp³-hybridized carbons (Fsp3) is 0.214. The van der Waals surface area contributed by atoms with Gasteiger partial charge < -0.3 is 0 Å². The Hall–Kier alpha value is -1.63. The van der Waals surface area contributed by atoms with Crippen LogP contribution in [0, 0.1) is 6.92 Å². The number of rotatable bonds is 3. The summed E-state index contributed by atoms with van der Waals surface area (Å²) in [7, 11) is 0. The quantitative estimate of drug-likeness (QED) is 0.672. The van der Waals surface area contributed by atoms with Gasteiger partial charge in [-0.1, -0.05) is 24.8 Å². The Balaban J connectivity index is 3.15. The fourth-order valence-electron chi connectivity index (χ4n) is 1.45. The topological polar surface area (TPSA) is 12.9 Å². The fourth-order valence-corrected chi connectivity index (χ4v) is 1.45. The second kappa shape index (κ2) is 4.74. The minimum Gasteiger partial charge on any atom is -0.264 e. The highest BCUT2D eigenvalue weighted by Gasteiger charge is 2.05. The number of hydrogen-bond acceptors (Lipinski definition) is 1. The van der Waals surface area contributed by atoms with E-state index in [0.717, 1.165) is 27.8 Å². The molecule has 0 atom stereocenters. The molecule has 0 aliphatic heterocycles. The van der Waals surface area contributed by atoms with Crippen LogP contribution in [0.1, 0.15) is 25.0 Å². The van der Waals surface area contributed by atoms with Crippen molar-refractivity contribution in [1.29, 1.82) is 0 Å². The van der Waals surface area contributed by atoms with Crippen LogP contribution in [0.2, 0.25) is 0 Å². The predicted octanol–water partition coefficient (Wildman–Crippen LogP) is 3.93. The lowest BCUT2D eigenvalue weighted by Gasteiger charge is -2.10. The molecule has 0 spiro atoms. The van der Waals surface area contributed by atoms with Crippen molar-refractivity contribution in [1.82, 2.24) is 4.98 Å². The van der Waals surface area contributed by atoms with Gasteiger partial charge in [-0.15, -0.1) is 0 Å². The van der Waals surface area contributed by atoms with Crippen LogP contribution in [-0.2, 0) is 0 Å². The van der Waals surface area contributed by atoms with E-state index < -0.39 is 0 Å². The van der Waals surface area contributed by atoms with Crippen molar-refractivity contribution in [2.75, 3.05) is 0 Å². The monoisotopic (exact) mass is 199 g/mol. The summed E-state index contributed by atoms with van der Waals surface area (Å²) in [6.45, 7) is 14.0. The SMILES string of the molecule is C=C(C)C(=C)/C(=C\C)c1cncc(C)c1. The van der Waals surface area contributed by atoms with E-state index in [2.05, 4.69) is 24.2 Å². The molecule has 0 saturated heterocycles. The lowest BCUT2D eigenvalue weighted by atomic mass is 9.95. The molecule has 1 heterocycles. The van der Waals surface area contributed by atoms with Crippen LogP contribution in [0.25, 0.3) is 5.57 Å².